The summed E-state index contributed by atoms with van der Waals surface area (Å²) in [4.78, 5) is 11.1. The van der Waals surface area contributed by atoms with E-state index in [-0.39, 0.29) is 24.1 Å². The van der Waals surface area contributed by atoms with Crippen LogP contribution < -0.4 is 0 Å². The van der Waals surface area contributed by atoms with Gasteiger partial charge < -0.3 is 10.2 Å². The zero-order chi connectivity index (χ0) is 10.6. The van der Waals surface area contributed by atoms with Crippen molar-refractivity contribution in [2.45, 2.75) is 26.2 Å². The largest absolute Gasteiger partial charge is 0.504 e. The molecule has 0 unspecified atom stereocenters. The molecule has 0 saturated carbocycles. The summed E-state index contributed by atoms with van der Waals surface area (Å²) in [6.45, 7) is 1.96. The van der Waals surface area contributed by atoms with Gasteiger partial charge in [0.25, 0.3) is 0 Å². The lowest BCUT2D eigenvalue weighted by atomic mass is 9.94. The Hall–Kier alpha value is -1.09. The molecule has 0 fully saturated rings. The molecule has 0 bridgehead atoms. The van der Waals surface area contributed by atoms with Crippen LogP contribution in [-0.2, 0) is 4.79 Å². The lowest BCUT2D eigenvalue weighted by Crippen LogP contribution is -2.05. The molecule has 0 aromatic carbocycles. The van der Waals surface area contributed by atoms with E-state index in [0.29, 0.717) is 19.3 Å². The van der Waals surface area contributed by atoms with Crippen molar-refractivity contribution in [2.24, 2.45) is 5.92 Å². The Kier molecular flexibility index (Phi) is 3.89. The van der Waals surface area contributed by atoms with Crippen molar-refractivity contribution in [1.82, 2.24) is 0 Å². The van der Waals surface area contributed by atoms with Crippen molar-refractivity contribution >= 4 is 5.78 Å². The maximum atomic E-state index is 11.1. The van der Waals surface area contributed by atoms with E-state index in [1.807, 2.05) is 19.1 Å². The standard InChI is InChI=1S/C11H16O3/c1-2-3-8(6-7-12)9-4-5-10(13)11(9)14/h2-3,8,12,14H,4-7H2,1H3/t8-/m1/s1. The van der Waals surface area contributed by atoms with E-state index in [1.54, 1.807) is 0 Å². The quantitative estimate of drug-likeness (QED) is 0.673. The van der Waals surface area contributed by atoms with Gasteiger partial charge in [0.15, 0.2) is 11.5 Å². The summed E-state index contributed by atoms with van der Waals surface area (Å²) in [6.07, 6.45) is 5.39. The van der Waals surface area contributed by atoms with E-state index < -0.39 is 0 Å². The molecule has 1 atom stereocenters. The normalized spacial score (nSPS) is 19.7. The second kappa shape index (κ2) is 4.96. The van der Waals surface area contributed by atoms with Gasteiger partial charge >= 0.3 is 0 Å². The summed E-state index contributed by atoms with van der Waals surface area (Å²) >= 11 is 0. The average Bonchev–Trinajstić information content (AvgIpc) is 2.48. The van der Waals surface area contributed by atoms with Crippen LogP contribution in [0, 0.1) is 5.92 Å². The van der Waals surface area contributed by atoms with Crippen molar-refractivity contribution in [3.63, 3.8) is 0 Å². The Morgan fingerprint density at radius 3 is 2.64 bits per heavy atom. The molecule has 0 aliphatic heterocycles. The van der Waals surface area contributed by atoms with Crippen LogP contribution >= 0.6 is 0 Å². The van der Waals surface area contributed by atoms with E-state index in [0.717, 1.165) is 5.57 Å². The number of hydrogen-bond donors (Lipinski definition) is 2. The molecule has 14 heavy (non-hydrogen) atoms. The predicted molar refractivity (Wildman–Crippen MR) is 53.9 cm³/mol. The molecule has 1 aliphatic carbocycles. The number of hydrogen-bond acceptors (Lipinski definition) is 3. The molecule has 0 heterocycles. The maximum absolute atomic E-state index is 11.1. The minimum atomic E-state index is -0.174. The van der Waals surface area contributed by atoms with Crippen LogP contribution in [-0.4, -0.2) is 22.6 Å². The Balaban J connectivity index is 2.82. The summed E-state index contributed by atoms with van der Waals surface area (Å²) in [5, 5.41) is 18.3. The number of carbonyl (C=O) groups is 1. The molecule has 0 amide bonds. The fourth-order valence-corrected chi connectivity index (χ4v) is 1.78. The number of carbonyl (C=O) groups excluding carboxylic acids is 1. The summed E-state index contributed by atoms with van der Waals surface area (Å²) in [5.41, 5.74) is 0.780. The molecule has 1 aliphatic rings. The van der Waals surface area contributed by atoms with Crippen molar-refractivity contribution < 1.29 is 15.0 Å². The van der Waals surface area contributed by atoms with Gasteiger partial charge in [0.1, 0.15) is 0 Å². The van der Waals surface area contributed by atoms with Crippen LogP contribution in [0.5, 0.6) is 0 Å². The van der Waals surface area contributed by atoms with Gasteiger partial charge in [0, 0.05) is 18.9 Å². The van der Waals surface area contributed by atoms with Gasteiger partial charge in [0.05, 0.1) is 0 Å². The van der Waals surface area contributed by atoms with E-state index in [2.05, 4.69) is 0 Å². The topological polar surface area (TPSA) is 57.5 Å². The third-order valence-corrected chi connectivity index (χ3v) is 2.50. The second-order valence-electron chi connectivity index (χ2n) is 3.44. The fraction of sp³-hybridized carbons (Fsp3) is 0.545. The van der Waals surface area contributed by atoms with Gasteiger partial charge in [-0.3, -0.25) is 4.79 Å². The Labute approximate surface area is 83.8 Å². The third kappa shape index (κ3) is 2.23. The van der Waals surface area contributed by atoms with Gasteiger partial charge in [-0.2, -0.15) is 0 Å². The van der Waals surface area contributed by atoms with Crippen LogP contribution in [0.3, 0.4) is 0 Å². The molecule has 0 saturated heterocycles. The highest BCUT2D eigenvalue weighted by Crippen LogP contribution is 2.30. The van der Waals surface area contributed by atoms with Crippen molar-refractivity contribution in [3.8, 4) is 0 Å². The third-order valence-electron chi connectivity index (χ3n) is 2.50. The van der Waals surface area contributed by atoms with E-state index in [9.17, 15) is 9.90 Å². The number of ketones is 1. The van der Waals surface area contributed by atoms with Gasteiger partial charge in [-0.25, -0.2) is 0 Å². The smallest absolute Gasteiger partial charge is 0.197 e. The minimum Gasteiger partial charge on any atom is -0.504 e. The molecule has 0 aromatic heterocycles. The summed E-state index contributed by atoms with van der Waals surface area (Å²) in [6, 6.07) is 0. The van der Waals surface area contributed by atoms with Crippen LogP contribution in [0.15, 0.2) is 23.5 Å². The maximum Gasteiger partial charge on any atom is 0.197 e. The SMILES string of the molecule is CC=C[C@H](CCO)C1=C(O)C(=O)CC1. The van der Waals surface area contributed by atoms with Crippen LogP contribution in [0.2, 0.25) is 0 Å². The second-order valence-corrected chi connectivity index (χ2v) is 3.44. The first-order valence-corrected chi connectivity index (χ1v) is 4.89. The molecule has 3 heteroatoms. The molecule has 3 nitrogen and oxygen atoms in total. The lowest BCUT2D eigenvalue weighted by Gasteiger charge is -2.12. The van der Waals surface area contributed by atoms with Gasteiger partial charge in [0.2, 0.25) is 0 Å². The highest BCUT2D eigenvalue weighted by Gasteiger charge is 2.26. The van der Waals surface area contributed by atoms with Gasteiger partial charge in [-0.05, 0) is 25.3 Å². The molecular weight excluding hydrogens is 180 g/mol. The first kappa shape index (κ1) is 11.0. The number of Topliss-reactive ketones (excluding diaryl/α,β-unsaturated/α-hetero) is 1. The Morgan fingerprint density at radius 1 is 1.50 bits per heavy atom. The highest BCUT2D eigenvalue weighted by molar-refractivity contribution is 5.96. The molecule has 0 spiro atoms. The van der Waals surface area contributed by atoms with Crippen LogP contribution in [0.1, 0.15) is 26.2 Å². The summed E-state index contributed by atoms with van der Waals surface area (Å²) in [7, 11) is 0. The fourth-order valence-electron chi connectivity index (χ4n) is 1.78. The van der Waals surface area contributed by atoms with E-state index in [4.69, 9.17) is 5.11 Å². The molecule has 78 valence electrons. The monoisotopic (exact) mass is 196 g/mol. The van der Waals surface area contributed by atoms with E-state index >= 15 is 0 Å². The first-order valence-electron chi connectivity index (χ1n) is 4.89. The molecule has 1 rings (SSSR count). The number of aliphatic hydroxyl groups is 2. The van der Waals surface area contributed by atoms with Crippen molar-refractivity contribution in [2.75, 3.05) is 6.61 Å². The Morgan fingerprint density at radius 2 is 2.21 bits per heavy atom. The summed E-state index contributed by atoms with van der Waals surface area (Å²) in [5.74, 6) is -0.245. The predicted octanol–water partition coefficient (Wildman–Crippen LogP) is 1.74. The van der Waals surface area contributed by atoms with Crippen LogP contribution in [0.25, 0.3) is 0 Å². The Bertz CT molecular complexity index is 276. The van der Waals surface area contributed by atoms with Gasteiger partial charge in [-0.15, -0.1) is 0 Å². The molecule has 0 aromatic rings. The number of allylic oxidation sites excluding steroid dienone is 4. The van der Waals surface area contributed by atoms with Crippen molar-refractivity contribution in [3.05, 3.63) is 23.5 Å². The van der Waals surface area contributed by atoms with E-state index in [1.165, 1.54) is 0 Å². The number of rotatable bonds is 4. The zero-order valence-electron chi connectivity index (χ0n) is 8.36. The zero-order valence-corrected chi connectivity index (χ0v) is 8.36. The first-order chi connectivity index (χ1) is 6.70. The van der Waals surface area contributed by atoms with Crippen LogP contribution in [0.4, 0.5) is 0 Å². The minimum absolute atomic E-state index is 0.0106. The summed E-state index contributed by atoms with van der Waals surface area (Å²) < 4.78 is 0. The number of aliphatic hydroxyl groups excluding tert-OH is 2. The molecule has 2 N–H and O–H groups in total. The van der Waals surface area contributed by atoms with Crippen molar-refractivity contribution in [1.29, 1.82) is 0 Å². The molecular formula is C11H16O3. The lowest BCUT2D eigenvalue weighted by molar-refractivity contribution is -0.117. The highest BCUT2D eigenvalue weighted by atomic mass is 16.3. The average molecular weight is 196 g/mol. The van der Waals surface area contributed by atoms with Gasteiger partial charge in [-0.1, -0.05) is 12.2 Å². The molecule has 0 radical (unpaired) electrons.